The molecule has 8 heteroatoms. The van der Waals surface area contributed by atoms with E-state index in [0.717, 1.165) is 6.07 Å². The van der Waals surface area contributed by atoms with Gasteiger partial charge in [-0.05, 0) is 36.8 Å². The van der Waals surface area contributed by atoms with Gasteiger partial charge in [0.25, 0.3) is 10.1 Å². The summed E-state index contributed by atoms with van der Waals surface area (Å²) in [6.07, 6.45) is 0. The Kier molecular flexibility index (Phi) is 4.90. The molecule has 1 heterocycles. The van der Waals surface area contributed by atoms with Crippen LogP contribution in [-0.2, 0) is 10.1 Å². The standard InChI is InChI=1S/C19H14FN3O3S/c1-12-9-15(27(24,25)26)10-18(22-12)23-17-4-2-3-16(19(17)20)14-7-5-13(11-21)6-8-14/h2-10H,1H3,(H,22,23)(H,24,25,26). The largest absolute Gasteiger partial charge is 0.338 e. The van der Waals surface area contributed by atoms with E-state index in [4.69, 9.17) is 5.26 Å². The Hall–Kier alpha value is -3.28. The Morgan fingerprint density at radius 3 is 2.48 bits per heavy atom. The van der Waals surface area contributed by atoms with Gasteiger partial charge >= 0.3 is 0 Å². The molecular weight excluding hydrogens is 369 g/mol. The zero-order valence-electron chi connectivity index (χ0n) is 14.1. The molecule has 3 aromatic rings. The summed E-state index contributed by atoms with van der Waals surface area (Å²) in [5.74, 6) is -0.475. The van der Waals surface area contributed by atoms with Crippen LogP contribution < -0.4 is 5.32 Å². The maximum Gasteiger partial charge on any atom is 0.294 e. The van der Waals surface area contributed by atoms with E-state index in [1.807, 2.05) is 6.07 Å². The third kappa shape index (κ3) is 4.11. The van der Waals surface area contributed by atoms with E-state index in [1.165, 1.54) is 12.1 Å². The minimum absolute atomic E-state index is 0.0819. The summed E-state index contributed by atoms with van der Waals surface area (Å²) >= 11 is 0. The van der Waals surface area contributed by atoms with E-state index in [-0.39, 0.29) is 16.4 Å². The number of anilines is 2. The van der Waals surface area contributed by atoms with Gasteiger partial charge < -0.3 is 5.32 Å². The molecule has 0 unspecified atom stereocenters. The Morgan fingerprint density at radius 2 is 1.85 bits per heavy atom. The second-order valence-electron chi connectivity index (χ2n) is 5.79. The number of aromatic nitrogens is 1. The van der Waals surface area contributed by atoms with E-state index in [0.29, 0.717) is 22.4 Å². The summed E-state index contributed by atoms with van der Waals surface area (Å²) in [5.41, 5.74) is 1.81. The topological polar surface area (TPSA) is 103 Å². The van der Waals surface area contributed by atoms with Gasteiger partial charge in [-0.1, -0.05) is 24.3 Å². The van der Waals surface area contributed by atoms with Crippen LogP contribution in [-0.4, -0.2) is 18.0 Å². The third-order valence-electron chi connectivity index (χ3n) is 3.81. The molecular formula is C19H14FN3O3S. The van der Waals surface area contributed by atoms with Crippen LogP contribution in [0.15, 0.2) is 59.5 Å². The van der Waals surface area contributed by atoms with Crippen LogP contribution in [0.1, 0.15) is 11.3 Å². The molecule has 0 spiro atoms. The van der Waals surface area contributed by atoms with Crippen LogP contribution in [0.4, 0.5) is 15.9 Å². The van der Waals surface area contributed by atoms with Crippen molar-refractivity contribution in [3.8, 4) is 17.2 Å². The average molecular weight is 383 g/mol. The van der Waals surface area contributed by atoms with Gasteiger partial charge in [0.05, 0.1) is 22.2 Å². The minimum Gasteiger partial charge on any atom is -0.338 e. The Bertz CT molecular complexity index is 1150. The van der Waals surface area contributed by atoms with Crippen molar-refractivity contribution in [2.24, 2.45) is 0 Å². The van der Waals surface area contributed by atoms with Crippen molar-refractivity contribution in [2.75, 3.05) is 5.32 Å². The van der Waals surface area contributed by atoms with Crippen molar-refractivity contribution in [3.63, 3.8) is 0 Å². The van der Waals surface area contributed by atoms with Crippen LogP contribution in [0, 0.1) is 24.1 Å². The summed E-state index contributed by atoms with van der Waals surface area (Å²) in [6.45, 7) is 1.56. The molecule has 6 nitrogen and oxygen atoms in total. The number of halogens is 1. The highest BCUT2D eigenvalue weighted by molar-refractivity contribution is 7.85. The van der Waals surface area contributed by atoms with Crippen molar-refractivity contribution in [3.05, 3.63) is 71.7 Å². The lowest BCUT2D eigenvalue weighted by molar-refractivity contribution is 0.483. The highest BCUT2D eigenvalue weighted by Crippen LogP contribution is 2.30. The number of nitriles is 1. The van der Waals surface area contributed by atoms with Gasteiger partial charge in [0.2, 0.25) is 0 Å². The van der Waals surface area contributed by atoms with Crippen molar-refractivity contribution >= 4 is 21.6 Å². The van der Waals surface area contributed by atoms with E-state index in [9.17, 15) is 17.4 Å². The van der Waals surface area contributed by atoms with Crippen LogP contribution >= 0.6 is 0 Å². The molecule has 27 heavy (non-hydrogen) atoms. The smallest absolute Gasteiger partial charge is 0.294 e. The SMILES string of the molecule is Cc1cc(S(=O)(=O)O)cc(Nc2cccc(-c3ccc(C#N)cc3)c2F)n1. The molecule has 0 saturated carbocycles. The Labute approximate surface area is 155 Å². The quantitative estimate of drug-likeness (QED) is 0.659. The first-order chi connectivity index (χ1) is 12.8. The number of pyridine rings is 1. The number of hydrogen-bond acceptors (Lipinski definition) is 5. The summed E-state index contributed by atoms with van der Waals surface area (Å²) in [6, 6.07) is 15.5. The Morgan fingerprint density at radius 1 is 1.15 bits per heavy atom. The summed E-state index contributed by atoms with van der Waals surface area (Å²) in [7, 11) is -4.41. The molecule has 1 aromatic heterocycles. The van der Waals surface area contributed by atoms with Gasteiger partial charge in [-0.15, -0.1) is 0 Å². The number of nitrogens with one attached hydrogen (secondary N) is 1. The lowest BCUT2D eigenvalue weighted by Crippen LogP contribution is -2.03. The zero-order chi connectivity index (χ0) is 19.6. The van der Waals surface area contributed by atoms with Gasteiger partial charge in [0.15, 0.2) is 5.82 Å². The first-order valence-electron chi connectivity index (χ1n) is 7.80. The number of benzene rings is 2. The molecule has 0 fully saturated rings. The molecule has 2 N–H and O–H groups in total. The first-order valence-corrected chi connectivity index (χ1v) is 9.24. The predicted octanol–water partition coefficient (Wildman–Crippen LogP) is 4.06. The van der Waals surface area contributed by atoms with Crippen LogP contribution in [0.5, 0.6) is 0 Å². The van der Waals surface area contributed by atoms with Gasteiger partial charge in [0.1, 0.15) is 5.82 Å². The Balaban J connectivity index is 2.00. The summed E-state index contributed by atoms with van der Waals surface area (Å²) in [5, 5.41) is 11.6. The van der Waals surface area contributed by atoms with Gasteiger partial charge in [-0.2, -0.15) is 13.7 Å². The molecule has 0 aliphatic carbocycles. The van der Waals surface area contributed by atoms with E-state index in [1.54, 1.807) is 43.3 Å². The summed E-state index contributed by atoms with van der Waals surface area (Å²) in [4.78, 5) is 3.79. The second-order valence-corrected chi connectivity index (χ2v) is 7.21. The maximum atomic E-state index is 14.9. The molecule has 0 aliphatic heterocycles. The van der Waals surface area contributed by atoms with Gasteiger partial charge in [0, 0.05) is 17.3 Å². The molecule has 0 amide bonds. The number of hydrogen-bond donors (Lipinski definition) is 2. The minimum atomic E-state index is -4.41. The maximum absolute atomic E-state index is 14.9. The highest BCUT2D eigenvalue weighted by Gasteiger charge is 2.15. The van der Waals surface area contributed by atoms with Gasteiger partial charge in [-0.25, -0.2) is 9.37 Å². The number of rotatable bonds is 4. The van der Waals surface area contributed by atoms with E-state index < -0.39 is 15.9 Å². The van der Waals surface area contributed by atoms with Crippen molar-refractivity contribution in [1.29, 1.82) is 5.26 Å². The molecule has 0 aliphatic rings. The van der Waals surface area contributed by atoms with Crippen molar-refractivity contribution in [2.45, 2.75) is 11.8 Å². The van der Waals surface area contributed by atoms with Crippen LogP contribution in [0.3, 0.4) is 0 Å². The second kappa shape index (κ2) is 7.15. The lowest BCUT2D eigenvalue weighted by Gasteiger charge is -2.12. The van der Waals surface area contributed by atoms with Crippen LogP contribution in [0.2, 0.25) is 0 Å². The van der Waals surface area contributed by atoms with Crippen LogP contribution in [0.25, 0.3) is 11.1 Å². The monoisotopic (exact) mass is 383 g/mol. The fraction of sp³-hybridized carbons (Fsp3) is 0.0526. The predicted molar refractivity (Wildman–Crippen MR) is 98.6 cm³/mol. The fourth-order valence-electron chi connectivity index (χ4n) is 2.56. The molecule has 136 valence electrons. The number of aryl methyl sites for hydroxylation is 1. The van der Waals surface area contributed by atoms with Gasteiger partial charge in [-0.3, -0.25) is 4.55 Å². The zero-order valence-corrected chi connectivity index (χ0v) is 15.0. The molecule has 0 atom stereocenters. The highest BCUT2D eigenvalue weighted by atomic mass is 32.2. The third-order valence-corrected chi connectivity index (χ3v) is 4.64. The van der Waals surface area contributed by atoms with Crippen molar-refractivity contribution < 1.29 is 17.4 Å². The van der Waals surface area contributed by atoms with Crippen molar-refractivity contribution in [1.82, 2.24) is 4.98 Å². The van der Waals surface area contributed by atoms with E-state index in [2.05, 4.69) is 10.3 Å². The molecule has 3 rings (SSSR count). The normalized spacial score (nSPS) is 11.0. The average Bonchev–Trinajstić information content (AvgIpc) is 2.62. The number of nitrogens with zero attached hydrogens (tertiary/aromatic N) is 2. The molecule has 2 aromatic carbocycles. The summed E-state index contributed by atoms with van der Waals surface area (Å²) < 4.78 is 46.9. The first kappa shape index (κ1) is 18.5. The molecule has 0 saturated heterocycles. The fourth-order valence-corrected chi connectivity index (χ4v) is 3.14. The van der Waals surface area contributed by atoms with E-state index >= 15 is 0 Å². The molecule has 0 bridgehead atoms. The molecule has 0 radical (unpaired) electrons. The lowest BCUT2D eigenvalue weighted by atomic mass is 10.0.